The van der Waals surface area contributed by atoms with Crippen LogP contribution >= 0.6 is 0 Å². The highest BCUT2D eigenvalue weighted by Gasteiger charge is 2.12. The number of carbonyl (C=O) groups excluding carboxylic acids is 1. The van der Waals surface area contributed by atoms with Crippen molar-refractivity contribution < 1.29 is 9.53 Å². The van der Waals surface area contributed by atoms with E-state index >= 15 is 0 Å². The molecule has 0 bridgehead atoms. The van der Waals surface area contributed by atoms with Gasteiger partial charge in [0.2, 0.25) is 0 Å². The number of esters is 1. The van der Waals surface area contributed by atoms with Gasteiger partial charge in [0.25, 0.3) is 0 Å². The average Bonchev–Trinajstić information content (AvgIpc) is 2.40. The Morgan fingerprint density at radius 1 is 1.18 bits per heavy atom. The fraction of sp³-hybridized carbons (Fsp3) is 0.133. The summed E-state index contributed by atoms with van der Waals surface area (Å²) in [5.74, 6) is -0.282. The third kappa shape index (κ3) is 2.53. The lowest BCUT2D eigenvalue weighted by atomic mass is 10.00. The van der Waals surface area contributed by atoms with Crippen molar-refractivity contribution in [3.8, 4) is 11.1 Å². The van der Waals surface area contributed by atoms with Gasteiger partial charge >= 0.3 is 5.97 Å². The number of carbonyl (C=O) groups is 1. The predicted octanol–water partition coefficient (Wildman–Crippen LogP) is 3.33. The zero-order valence-electron chi connectivity index (χ0n) is 9.64. The maximum absolute atomic E-state index is 11.8. The minimum Gasteiger partial charge on any atom is -0.462 e. The molecular weight excluding hydrogens is 212 g/mol. The molecule has 0 saturated heterocycles. The van der Waals surface area contributed by atoms with Crippen LogP contribution in [0.4, 0.5) is 0 Å². The standard InChI is InChI=1S/C15H13O2/c1-2-17-15(16)14-11-7-6-10-13(14)12-8-4-3-5-9-12/h4-11H,2H2,1H3. The largest absolute Gasteiger partial charge is 0.462 e. The van der Waals surface area contributed by atoms with Crippen LogP contribution in [0.15, 0.2) is 48.5 Å². The zero-order chi connectivity index (χ0) is 12.1. The molecule has 1 radical (unpaired) electrons. The summed E-state index contributed by atoms with van der Waals surface area (Å²) in [4.78, 5) is 11.8. The molecule has 17 heavy (non-hydrogen) atoms. The summed E-state index contributed by atoms with van der Waals surface area (Å²) in [6, 6.07) is 17.9. The Hall–Kier alpha value is -2.09. The van der Waals surface area contributed by atoms with Crippen molar-refractivity contribution in [3.05, 3.63) is 60.2 Å². The second kappa shape index (κ2) is 5.30. The van der Waals surface area contributed by atoms with E-state index in [9.17, 15) is 4.79 Å². The highest BCUT2D eigenvalue weighted by Crippen LogP contribution is 2.23. The van der Waals surface area contributed by atoms with E-state index < -0.39 is 0 Å². The number of ether oxygens (including phenoxy) is 1. The van der Waals surface area contributed by atoms with Crippen LogP contribution < -0.4 is 0 Å². The maximum Gasteiger partial charge on any atom is 0.338 e. The van der Waals surface area contributed by atoms with Crippen molar-refractivity contribution in [1.82, 2.24) is 0 Å². The molecule has 2 rings (SSSR count). The van der Waals surface area contributed by atoms with Crippen LogP contribution in [0, 0.1) is 6.07 Å². The van der Waals surface area contributed by atoms with Crippen molar-refractivity contribution in [2.24, 2.45) is 0 Å². The van der Waals surface area contributed by atoms with Gasteiger partial charge in [0.05, 0.1) is 12.2 Å². The SMILES string of the molecule is CCOC(=O)c1ccccc1-c1cc[c]cc1. The van der Waals surface area contributed by atoms with E-state index in [4.69, 9.17) is 4.74 Å². The van der Waals surface area contributed by atoms with Crippen molar-refractivity contribution in [2.75, 3.05) is 6.61 Å². The van der Waals surface area contributed by atoms with Gasteiger partial charge in [-0.2, -0.15) is 0 Å². The summed E-state index contributed by atoms with van der Waals surface area (Å²) in [5.41, 5.74) is 2.48. The first kappa shape index (κ1) is 11.4. The summed E-state index contributed by atoms with van der Waals surface area (Å²) in [7, 11) is 0. The van der Waals surface area contributed by atoms with Gasteiger partial charge in [-0.25, -0.2) is 4.79 Å². The van der Waals surface area contributed by atoms with Crippen LogP contribution in [0.25, 0.3) is 11.1 Å². The van der Waals surface area contributed by atoms with Gasteiger partial charge < -0.3 is 4.74 Å². The van der Waals surface area contributed by atoms with Crippen molar-refractivity contribution in [1.29, 1.82) is 0 Å². The fourth-order valence-corrected chi connectivity index (χ4v) is 1.69. The first-order chi connectivity index (χ1) is 8.33. The van der Waals surface area contributed by atoms with E-state index in [2.05, 4.69) is 6.07 Å². The molecule has 0 heterocycles. The van der Waals surface area contributed by atoms with Crippen molar-refractivity contribution >= 4 is 5.97 Å². The minimum atomic E-state index is -0.282. The third-order valence-electron chi connectivity index (χ3n) is 2.45. The lowest BCUT2D eigenvalue weighted by Crippen LogP contribution is -2.06. The summed E-state index contributed by atoms with van der Waals surface area (Å²) in [5, 5.41) is 0. The van der Waals surface area contributed by atoms with E-state index in [1.807, 2.05) is 42.5 Å². The Labute approximate surface area is 101 Å². The maximum atomic E-state index is 11.8. The molecule has 0 amide bonds. The molecular formula is C15H13O2. The van der Waals surface area contributed by atoms with E-state index in [1.54, 1.807) is 13.0 Å². The van der Waals surface area contributed by atoms with Gasteiger partial charge in [-0.05, 0) is 30.2 Å². The normalized spacial score (nSPS) is 9.94. The molecule has 0 aliphatic heterocycles. The van der Waals surface area contributed by atoms with E-state index in [0.717, 1.165) is 11.1 Å². The van der Waals surface area contributed by atoms with Gasteiger partial charge in [-0.3, -0.25) is 0 Å². The summed E-state index contributed by atoms with van der Waals surface area (Å²) < 4.78 is 5.04. The molecule has 2 aromatic rings. The van der Waals surface area contributed by atoms with Gasteiger partial charge in [0.15, 0.2) is 0 Å². The fourth-order valence-electron chi connectivity index (χ4n) is 1.69. The number of hydrogen-bond donors (Lipinski definition) is 0. The van der Waals surface area contributed by atoms with E-state index in [-0.39, 0.29) is 5.97 Å². The van der Waals surface area contributed by atoms with Crippen LogP contribution in [0.3, 0.4) is 0 Å². The van der Waals surface area contributed by atoms with Crippen LogP contribution in [0.1, 0.15) is 17.3 Å². The Morgan fingerprint density at radius 3 is 2.59 bits per heavy atom. The van der Waals surface area contributed by atoms with Gasteiger partial charge in [0, 0.05) is 0 Å². The summed E-state index contributed by atoms with van der Waals surface area (Å²) in [6.45, 7) is 2.19. The lowest BCUT2D eigenvalue weighted by molar-refractivity contribution is 0.0527. The molecule has 0 spiro atoms. The van der Waals surface area contributed by atoms with Gasteiger partial charge in [0.1, 0.15) is 0 Å². The molecule has 2 heteroatoms. The second-order valence-electron chi connectivity index (χ2n) is 3.55. The molecule has 0 aliphatic carbocycles. The highest BCUT2D eigenvalue weighted by atomic mass is 16.5. The zero-order valence-corrected chi connectivity index (χ0v) is 9.64. The van der Waals surface area contributed by atoms with Gasteiger partial charge in [-0.15, -0.1) is 0 Å². The van der Waals surface area contributed by atoms with E-state index in [0.29, 0.717) is 12.2 Å². The Morgan fingerprint density at radius 2 is 1.88 bits per heavy atom. The molecule has 0 aliphatic rings. The topological polar surface area (TPSA) is 26.3 Å². The van der Waals surface area contributed by atoms with Crippen LogP contribution in [0.5, 0.6) is 0 Å². The third-order valence-corrected chi connectivity index (χ3v) is 2.45. The quantitative estimate of drug-likeness (QED) is 0.749. The molecule has 2 aromatic carbocycles. The van der Waals surface area contributed by atoms with Crippen LogP contribution in [0.2, 0.25) is 0 Å². The van der Waals surface area contributed by atoms with Crippen LogP contribution in [-0.4, -0.2) is 12.6 Å². The van der Waals surface area contributed by atoms with E-state index in [1.165, 1.54) is 0 Å². The smallest absolute Gasteiger partial charge is 0.338 e. The predicted molar refractivity (Wildman–Crippen MR) is 66.7 cm³/mol. The minimum absolute atomic E-state index is 0.282. The lowest BCUT2D eigenvalue weighted by Gasteiger charge is -2.08. The van der Waals surface area contributed by atoms with Gasteiger partial charge in [-0.1, -0.05) is 42.5 Å². The Bertz CT molecular complexity index is 503. The molecule has 2 nitrogen and oxygen atoms in total. The molecule has 0 saturated carbocycles. The second-order valence-corrected chi connectivity index (χ2v) is 3.55. The molecule has 0 unspecified atom stereocenters. The highest BCUT2D eigenvalue weighted by molar-refractivity contribution is 5.97. The molecule has 85 valence electrons. The number of hydrogen-bond acceptors (Lipinski definition) is 2. The average molecular weight is 225 g/mol. The molecule has 0 N–H and O–H groups in total. The van der Waals surface area contributed by atoms with Crippen molar-refractivity contribution in [2.45, 2.75) is 6.92 Å². The first-order valence-corrected chi connectivity index (χ1v) is 5.55. The number of rotatable bonds is 3. The van der Waals surface area contributed by atoms with Crippen molar-refractivity contribution in [3.63, 3.8) is 0 Å². The summed E-state index contributed by atoms with van der Waals surface area (Å²) >= 11 is 0. The Balaban J connectivity index is 2.45. The first-order valence-electron chi connectivity index (χ1n) is 5.55. The monoisotopic (exact) mass is 225 g/mol. The number of benzene rings is 2. The molecule has 0 fully saturated rings. The van der Waals surface area contributed by atoms with Crippen LogP contribution in [-0.2, 0) is 4.74 Å². The Kier molecular flexibility index (Phi) is 3.55. The molecule has 0 atom stereocenters. The molecule has 0 aromatic heterocycles. The summed E-state index contributed by atoms with van der Waals surface area (Å²) in [6.07, 6.45) is 0.